The molecule has 2 fully saturated rings. The Kier molecular flexibility index (Phi) is 8.80. The molecule has 0 spiro atoms. The lowest BCUT2D eigenvalue weighted by Gasteiger charge is -2.31. The number of ether oxygens (including phenoxy) is 2. The minimum absolute atomic E-state index is 0. The summed E-state index contributed by atoms with van der Waals surface area (Å²) >= 11 is 0. The Balaban J connectivity index is 0.00000300. The summed E-state index contributed by atoms with van der Waals surface area (Å²) in [4.78, 5) is 31.0. The summed E-state index contributed by atoms with van der Waals surface area (Å²) in [6, 6.07) is 7.81. The zero-order valence-corrected chi connectivity index (χ0v) is 18.8. The fourth-order valence-electron chi connectivity index (χ4n) is 3.26. The largest absolute Gasteiger partial charge is 0.450 e. The summed E-state index contributed by atoms with van der Waals surface area (Å²) in [5.41, 5.74) is 7.82. The smallest absolute Gasteiger partial charge is 0.414 e. The summed E-state index contributed by atoms with van der Waals surface area (Å²) in [6.07, 6.45) is 1.03. The summed E-state index contributed by atoms with van der Waals surface area (Å²) < 4.78 is 9.97. The van der Waals surface area contributed by atoms with Gasteiger partial charge >= 0.3 is 12.2 Å². The van der Waals surface area contributed by atoms with Gasteiger partial charge in [-0.15, -0.1) is 24.0 Å². The molecule has 1 aromatic rings. The van der Waals surface area contributed by atoms with Crippen LogP contribution in [0.5, 0.6) is 0 Å². The molecule has 0 saturated carbocycles. The first-order valence-corrected chi connectivity index (χ1v) is 9.58. The molecule has 0 bridgehead atoms. The fraction of sp³-hybridized carbons (Fsp3) is 0.526. The molecule has 3 rings (SSSR count). The van der Waals surface area contributed by atoms with E-state index in [1.165, 1.54) is 0 Å². The number of anilines is 1. The molecule has 160 valence electrons. The number of cyclic esters (lactones) is 1. The van der Waals surface area contributed by atoms with Crippen LogP contribution in [0.2, 0.25) is 0 Å². The van der Waals surface area contributed by atoms with E-state index in [2.05, 4.69) is 10.3 Å². The molecule has 10 heteroatoms. The topological polar surface area (TPSA) is 109 Å². The first-order chi connectivity index (χ1) is 13.6. The lowest BCUT2D eigenvalue weighted by Crippen LogP contribution is -2.48. The highest BCUT2D eigenvalue weighted by Crippen LogP contribution is 2.19. The molecule has 29 heavy (non-hydrogen) atoms. The molecular formula is C19H28IN5O4. The molecule has 1 aromatic carbocycles. The average Bonchev–Trinajstić information content (AvgIpc) is 3.13. The Morgan fingerprint density at radius 1 is 1.28 bits per heavy atom. The van der Waals surface area contributed by atoms with E-state index in [1.54, 1.807) is 16.7 Å². The molecular weight excluding hydrogens is 489 g/mol. The second kappa shape index (κ2) is 11.1. The van der Waals surface area contributed by atoms with Gasteiger partial charge in [0.05, 0.1) is 19.7 Å². The van der Waals surface area contributed by atoms with E-state index in [4.69, 9.17) is 15.2 Å². The van der Waals surface area contributed by atoms with Gasteiger partial charge in [-0.05, 0) is 37.5 Å². The zero-order valence-electron chi connectivity index (χ0n) is 16.5. The molecule has 0 atom stereocenters. The van der Waals surface area contributed by atoms with E-state index in [0.29, 0.717) is 45.4 Å². The van der Waals surface area contributed by atoms with Gasteiger partial charge in [0.15, 0.2) is 5.96 Å². The number of halogens is 1. The average molecular weight is 517 g/mol. The van der Waals surface area contributed by atoms with Crippen molar-refractivity contribution >= 4 is 47.8 Å². The highest BCUT2D eigenvalue weighted by atomic mass is 127. The number of rotatable bonds is 5. The lowest BCUT2D eigenvalue weighted by atomic mass is 10.1. The van der Waals surface area contributed by atoms with Crippen LogP contribution in [0.4, 0.5) is 15.3 Å². The number of guanidine groups is 1. The number of nitrogens with two attached hydrogens (primary N) is 1. The number of benzene rings is 1. The SMILES string of the molecule is CCOC(=O)N1CCC(NC(N)=NCc2ccc(N3CCOC3=O)cc2)CC1.I. The van der Waals surface area contributed by atoms with Crippen molar-refractivity contribution in [2.24, 2.45) is 10.7 Å². The highest BCUT2D eigenvalue weighted by Gasteiger charge is 2.24. The lowest BCUT2D eigenvalue weighted by molar-refractivity contribution is 0.0963. The summed E-state index contributed by atoms with van der Waals surface area (Å²) in [5.74, 6) is 0.391. The third-order valence-electron chi connectivity index (χ3n) is 4.81. The minimum Gasteiger partial charge on any atom is -0.450 e. The Hall–Kier alpha value is -2.24. The normalized spacial score (nSPS) is 17.6. The summed E-state index contributed by atoms with van der Waals surface area (Å²) in [7, 11) is 0. The highest BCUT2D eigenvalue weighted by molar-refractivity contribution is 14.0. The number of nitrogens with zero attached hydrogens (tertiary/aromatic N) is 3. The Morgan fingerprint density at radius 2 is 1.97 bits per heavy atom. The van der Waals surface area contributed by atoms with E-state index in [9.17, 15) is 9.59 Å². The Morgan fingerprint density at radius 3 is 2.55 bits per heavy atom. The molecule has 3 N–H and O–H groups in total. The fourth-order valence-corrected chi connectivity index (χ4v) is 3.26. The number of piperidine rings is 1. The van der Waals surface area contributed by atoms with Gasteiger partial charge in [0, 0.05) is 24.8 Å². The monoisotopic (exact) mass is 517 g/mol. The van der Waals surface area contributed by atoms with Gasteiger partial charge in [0.1, 0.15) is 6.61 Å². The first-order valence-electron chi connectivity index (χ1n) is 9.58. The number of nitrogens with one attached hydrogen (secondary N) is 1. The van der Waals surface area contributed by atoms with E-state index < -0.39 is 0 Å². The van der Waals surface area contributed by atoms with Crippen molar-refractivity contribution in [3.63, 3.8) is 0 Å². The Bertz CT molecular complexity index is 720. The number of amides is 2. The van der Waals surface area contributed by atoms with Crippen LogP contribution in [-0.2, 0) is 16.0 Å². The summed E-state index contributed by atoms with van der Waals surface area (Å²) in [5, 5.41) is 3.22. The van der Waals surface area contributed by atoms with Crippen LogP contribution in [0, 0.1) is 0 Å². The van der Waals surface area contributed by atoms with Crippen molar-refractivity contribution in [1.82, 2.24) is 10.2 Å². The molecule has 2 amide bonds. The van der Waals surface area contributed by atoms with Crippen molar-refractivity contribution in [3.05, 3.63) is 29.8 Å². The number of carbonyl (C=O) groups excluding carboxylic acids is 2. The number of aliphatic imine (C=N–C) groups is 1. The van der Waals surface area contributed by atoms with Crippen LogP contribution < -0.4 is 16.0 Å². The molecule has 2 heterocycles. The third kappa shape index (κ3) is 6.38. The predicted octanol–water partition coefficient (Wildman–Crippen LogP) is 2.29. The second-order valence-electron chi connectivity index (χ2n) is 6.74. The molecule has 0 unspecified atom stereocenters. The standard InChI is InChI=1S/C19H27N5O4.HI/c1-2-27-18(25)23-9-7-15(8-10-23)22-17(20)21-13-14-3-5-16(6-4-14)24-11-12-28-19(24)26;/h3-6,15H,2,7-13H2,1H3,(H3,20,21,22);1H. The Labute approximate surface area is 187 Å². The number of likely N-dealkylation sites (tertiary alicyclic amines) is 1. The number of hydrogen-bond acceptors (Lipinski definition) is 5. The number of carbonyl (C=O) groups is 2. The zero-order chi connectivity index (χ0) is 19.9. The van der Waals surface area contributed by atoms with Crippen molar-refractivity contribution in [1.29, 1.82) is 0 Å². The van der Waals surface area contributed by atoms with E-state index in [1.807, 2.05) is 24.3 Å². The molecule has 0 aromatic heterocycles. The molecule has 9 nitrogen and oxygen atoms in total. The van der Waals surface area contributed by atoms with Crippen LogP contribution in [0.3, 0.4) is 0 Å². The van der Waals surface area contributed by atoms with Gasteiger partial charge in [-0.25, -0.2) is 14.6 Å². The van der Waals surface area contributed by atoms with E-state index in [0.717, 1.165) is 24.1 Å². The van der Waals surface area contributed by atoms with Gasteiger partial charge in [0.2, 0.25) is 0 Å². The van der Waals surface area contributed by atoms with Crippen LogP contribution in [0.25, 0.3) is 0 Å². The molecule has 0 aliphatic carbocycles. The maximum atomic E-state index is 11.7. The van der Waals surface area contributed by atoms with Gasteiger partial charge in [-0.2, -0.15) is 0 Å². The molecule has 2 aliphatic heterocycles. The van der Waals surface area contributed by atoms with Crippen molar-refractivity contribution < 1.29 is 19.1 Å². The quantitative estimate of drug-likeness (QED) is 0.353. The second-order valence-corrected chi connectivity index (χ2v) is 6.74. The van der Waals surface area contributed by atoms with Gasteiger partial charge < -0.3 is 25.4 Å². The minimum atomic E-state index is -0.312. The van der Waals surface area contributed by atoms with Gasteiger partial charge in [0.25, 0.3) is 0 Å². The van der Waals surface area contributed by atoms with Gasteiger partial charge in [-0.3, -0.25) is 4.90 Å². The van der Waals surface area contributed by atoms with E-state index >= 15 is 0 Å². The maximum absolute atomic E-state index is 11.7. The number of hydrogen-bond donors (Lipinski definition) is 2. The molecule has 0 radical (unpaired) electrons. The van der Waals surface area contributed by atoms with Crippen molar-refractivity contribution in [2.75, 3.05) is 37.7 Å². The van der Waals surface area contributed by atoms with Crippen LogP contribution in [-0.4, -0.2) is 61.9 Å². The predicted molar refractivity (Wildman–Crippen MR) is 121 cm³/mol. The van der Waals surface area contributed by atoms with Crippen molar-refractivity contribution in [2.45, 2.75) is 32.4 Å². The van der Waals surface area contributed by atoms with Gasteiger partial charge in [-0.1, -0.05) is 12.1 Å². The molecule has 2 saturated heterocycles. The summed E-state index contributed by atoms with van der Waals surface area (Å²) in [6.45, 7) is 4.92. The van der Waals surface area contributed by atoms with Crippen molar-refractivity contribution in [3.8, 4) is 0 Å². The van der Waals surface area contributed by atoms with Crippen LogP contribution in [0.15, 0.2) is 29.3 Å². The third-order valence-corrected chi connectivity index (χ3v) is 4.81. The maximum Gasteiger partial charge on any atom is 0.414 e. The molecule has 2 aliphatic rings. The first kappa shape index (κ1) is 23.0. The van der Waals surface area contributed by atoms with E-state index in [-0.39, 0.29) is 42.2 Å². The van der Waals surface area contributed by atoms with Crippen LogP contribution in [0.1, 0.15) is 25.3 Å². The van der Waals surface area contributed by atoms with Crippen LogP contribution >= 0.6 is 24.0 Å².